The Morgan fingerprint density at radius 3 is 1.05 bits per heavy atom. The van der Waals surface area contributed by atoms with Crippen LogP contribution in [0.2, 0.25) is 18.1 Å². The van der Waals surface area contributed by atoms with Gasteiger partial charge in [-0.2, -0.15) is 52.7 Å². The second-order valence-electron chi connectivity index (χ2n) is 10.3. The van der Waals surface area contributed by atoms with Crippen molar-refractivity contribution in [3.8, 4) is 11.5 Å². The molecule has 41 heavy (non-hydrogen) atoms. The number of phenols is 1. The van der Waals surface area contributed by atoms with Gasteiger partial charge in [0.1, 0.15) is 11.5 Å². The predicted octanol–water partition coefficient (Wildman–Crippen LogP) is 8.09. The van der Waals surface area contributed by atoms with Gasteiger partial charge in [-0.15, -0.1) is 0 Å². The Labute approximate surface area is 227 Å². The molecule has 0 amide bonds. The van der Waals surface area contributed by atoms with E-state index in [4.69, 9.17) is 14.6 Å². The van der Waals surface area contributed by atoms with Crippen molar-refractivity contribution in [2.24, 2.45) is 0 Å². The van der Waals surface area contributed by atoms with Gasteiger partial charge >= 0.3 is 24.7 Å². The molecule has 0 fully saturated rings. The molecule has 0 atom stereocenters. The quantitative estimate of drug-likeness (QED) is 0.235. The Morgan fingerprint density at radius 1 is 0.537 bits per heavy atom. The number of hydrogen-bond donors (Lipinski definition) is 3. The van der Waals surface area contributed by atoms with Crippen LogP contribution in [-0.2, 0) is 11.2 Å². The van der Waals surface area contributed by atoms with Gasteiger partial charge in [-0.25, -0.2) is 0 Å². The molecule has 3 N–H and O–H groups in total. The van der Waals surface area contributed by atoms with E-state index in [-0.39, 0.29) is 10.8 Å². The number of rotatable bonds is 4. The van der Waals surface area contributed by atoms with Crippen molar-refractivity contribution in [3.63, 3.8) is 0 Å². The van der Waals surface area contributed by atoms with Crippen molar-refractivity contribution in [2.75, 3.05) is 0 Å². The highest BCUT2D eigenvalue weighted by molar-refractivity contribution is 6.74. The van der Waals surface area contributed by atoms with Crippen LogP contribution in [0.15, 0.2) is 48.5 Å². The number of aliphatic hydroxyl groups is 2. The fourth-order valence-corrected chi connectivity index (χ4v) is 3.92. The van der Waals surface area contributed by atoms with Gasteiger partial charge in [-0.05, 0) is 42.4 Å². The van der Waals surface area contributed by atoms with Gasteiger partial charge in [-0.3, -0.25) is 0 Å². The Morgan fingerprint density at radius 2 is 0.805 bits per heavy atom. The van der Waals surface area contributed by atoms with Gasteiger partial charge in [0.25, 0.3) is 11.2 Å². The first-order chi connectivity index (χ1) is 17.9. The molecule has 0 saturated heterocycles. The lowest BCUT2D eigenvalue weighted by Crippen LogP contribution is -2.53. The second kappa shape index (κ2) is 11.2. The summed E-state index contributed by atoms with van der Waals surface area (Å²) in [6.07, 6.45) is -23.6. The minimum Gasteiger partial charge on any atom is -0.544 e. The molecule has 0 bridgehead atoms. The third kappa shape index (κ3) is 7.41. The van der Waals surface area contributed by atoms with Crippen LogP contribution in [0.5, 0.6) is 11.5 Å². The highest BCUT2D eigenvalue weighted by atomic mass is 28.4. The van der Waals surface area contributed by atoms with Gasteiger partial charge in [0.2, 0.25) is 8.32 Å². The molecule has 0 heterocycles. The van der Waals surface area contributed by atoms with Crippen LogP contribution in [0.4, 0.5) is 52.7 Å². The van der Waals surface area contributed by atoms with Gasteiger partial charge in [-0.1, -0.05) is 45.0 Å². The Balaban J connectivity index is 0.000000435. The summed E-state index contributed by atoms with van der Waals surface area (Å²) >= 11 is 0. The van der Waals surface area contributed by atoms with Gasteiger partial charge < -0.3 is 19.7 Å². The summed E-state index contributed by atoms with van der Waals surface area (Å²) < 4.78 is 157. The van der Waals surface area contributed by atoms with Crippen LogP contribution in [0.3, 0.4) is 0 Å². The molecule has 4 nitrogen and oxygen atoms in total. The van der Waals surface area contributed by atoms with Crippen LogP contribution in [0, 0.1) is 0 Å². The second-order valence-corrected chi connectivity index (χ2v) is 15.1. The number of hydrogen-bond acceptors (Lipinski definition) is 4. The molecular weight excluding hydrogens is 608 g/mol. The molecule has 0 aliphatic heterocycles. The molecule has 0 unspecified atom stereocenters. The molecule has 0 aliphatic rings. The summed E-state index contributed by atoms with van der Waals surface area (Å²) in [5, 5.41) is 26.8. The van der Waals surface area contributed by atoms with Crippen LogP contribution in [0.25, 0.3) is 0 Å². The van der Waals surface area contributed by atoms with Crippen molar-refractivity contribution in [3.05, 3.63) is 59.7 Å². The number of aromatic hydroxyl groups is 1. The molecule has 2 aromatic rings. The van der Waals surface area contributed by atoms with E-state index in [0.29, 0.717) is 36.4 Å². The van der Waals surface area contributed by atoms with Crippen molar-refractivity contribution >= 4 is 8.32 Å². The number of alkyl halides is 12. The molecular formula is C24H26F12O4Si. The number of phenolic OH excluding ortho intramolecular Hbond substituents is 1. The normalized spacial score (nSPS) is 14.3. The van der Waals surface area contributed by atoms with E-state index in [1.54, 1.807) is 0 Å². The molecule has 0 aromatic heterocycles. The van der Waals surface area contributed by atoms with E-state index >= 15 is 0 Å². The average Bonchev–Trinajstić information content (AvgIpc) is 2.75. The molecule has 234 valence electrons. The molecule has 0 saturated carbocycles. The topological polar surface area (TPSA) is 69.9 Å². The van der Waals surface area contributed by atoms with Crippen LogP contribution < -0.4 is 4.43 Å². The number of benzene rings is 2. The zero-order valence-corrected chi connectivity index (χ0v) is 22.9. The molecule has 0 radical (unpaired) electrons. The maximum absolute atomic E-state index is 12.8. The van der Waals surface area contributed by atoms with Crippen LogP contribution >= 0.6 is 0 Å². The summed E-state index contributed by atoms with van der Waals surface area (Å²) in [6.45, 7) is 9.62. The highest BCUT2D eigenvalue weighted by Gasteiger charge is 2.72. The van der Waals surface area contributed by atoms with Gasteiger partial charge in [0.15, 0.2) is 0 Å². The first-order valence-corrected chi connectivity index (χ1v) is 14.1. The summed E-state index contributed by atoms with van der Waals surface area (Å²) in [7, 11) is -2.29. The maximum atomic E-state index is 12.8. The maximum Gasteiger partial charge on any atom is 0.430 e. The van der Waals surface area contributed by atoms with Crippen LogP contribution in [0.1, 0.15) is 31.9 Å². The SMILES string of the molecule is CC(C)(C)[Si](C)(C)Oc1ccc(C(O)(C(F)(F)F)C(F)(F)F)cc1.Oc1ccc(C(O)(C(F)(F)F)C(F)(F)F)cc1. The van der Waals surface area contributed by atoms with E-state index in [1.165, 1.54) is 0 Å². The predicted molar refractivity (Wildman–Crippen MR) is 124 cm³/mol. The van der Waals surface area contributed by atoms with Gasteiger partial charge in [0.05, 0.1) is 0 Å². The van der Waals surface area contributed by atoms with E-state index in [2.05, 4.69) is 0 Å². The minimum atomic E-state index is -5.91. The zero-order chi connectivity index (χ0) is 32.7. The smallest absolute Gasteiger partial charge is 0.430 e. The Kier molecular flexibility index (Phi) is 9.94. The van der Waals surface area contributed by atoms with Crippen LogP contribution in [-0.4, -0.2) is 48.3 Å². The number of halogens is 12. The van der Waals surface area contributed by atoms with E-state index in [0.717, 1.165) is 12.1 Å². The lowest BCUT2D eigenvalue weighted by atomic mass is 9.92. The van der Waals surface area contributed by atoms with E-state index in [9.17, 15) is 57.8 Å². The standard InChI is InChI=1S/C15H20F6O2Si.C9H6F6O2/c1-12(2,3)24(4,5)23-11-8-6-10(7-9-11)13(22,14(16,17)18)15(19,20)21;10-8(11,12)7(17,9(13,14)15)5-1-3-6(16)4-2-5/h6-9,22H,1-5H3;1-4,16-17H. The molecule has 2 rings (SSSR count). The average molecular weight is 635 g/mol. The minimum absolute atomic E-state index is 0.164. The van der Waals surface area contributed by atoms with Crippen molar-refractivity contribution in [2.45, 2.75) is 74.8 Å². The summed E-state index contributed by atoms with van der Waals surface area (Å²) in [4.78, 5) is 0. The first kappa shape index (κ1) is 36.4. The third-order valence-electron chi connectivity index (χ3n) is 6.38. The van der Waals surface area contributed by atoms with Crippen molar-refractivity contribution in [1.82, 2.24) is 0 Å². The monoisotopic (exact) mass is 634 g/mol. The lowest BCUT2D eigenvalue weighted by molar-refractivity contribution is -0.376. The van der Waals surface area contributed by atoms with E-state index in [1.807, 2.05) is 33.9 Å². The molecule has 17 heteroatoms. The summed E-state index contributed by atoms with van der Waals surface area (Å²) in [5.74, 6) is -0.350. The van der Waals surface area contributed by atoms with Gasteiger partial charge in [0, 0.05) is 11.1 Å². The molecule has 0 spiro atoms. The van der Waals surface area contributed by atoms with Crippen molar-refractivity contribution < 1.29 is 72.4 Å². The molecule has 2 aromatic carbocycles. The third-order valence-corrected chi connectivity index (χ3v) is 10.7. The summed E-state index contributed by atoms with van der Waals surface area (Å²) in [6, 6.07) is 5.16. The highest BCUT2D eigenvalue weighted by Crippen LogP contribution is 2.51. The largest absolute Gasteiger partial charge is 0.544 e. The summed E-state index contributed by atoms with van der Waals surface area (Å²) in [5.41, 5.74) is -12.6. The van der Waals surface area contributed by atoms with Crippen molar-refractivity contribution in [1.29, 1.82) is 0 Å². The lowest BCUT2D eigenvalue weighted by Gasteiger charge is -2.37. The Hall–Kier alpha value is -2.66. The molecule has 0 aliphatic carbocycles. The first-order valence-electron chi connectivity index (χ1n) is 11.2. The fraction of sp³-hybridized carbons (Fsp3) is 0.500. The Bertz CT molecular complexity index is 1120. The zero-order valence-electron chi connectivity index (χ0n) is 21.9. The van der Waals surface area contributed by atoms with E-state index < -0.39 is 61.1 Å². The fourth-order valence-electron chi connectivity index (χ4n) is 2.89.